The Bertz CT molecular complexity index is 902. The molecule has 0 unspecified atom stereocenters. The van der Waals surface area contributed by atoms with Gasteiger partial charge in [-0.3, -0.25) is 4.79 Å². The van der Waals surface area contributed by atoms with Crippen LogP contribution in [0.2, 0.25) is 10.0 Å². The second-order valence-corrected chi connectivity index (χ2v) is 6.16. The van der Waals surface area contributed by atoms with Crippen molar-refractivity contribution in [1.29, 1.82) is 0 Å². The lowest BCUT2D eigenvalue weighted by molar-refractivity contribution is 0.0997. The molecule has 122 valence electrons. The third kappa shape index (κ3) is 3.40. The Morgan fingerprint density at radius 2 is 1.79 bits per heavy atom. The molecule has 0 aliphatic heterocycles. The van der Waals surface area contributed by atoms with Crippen LogP contribution >= 0.6 is 23.2 Å². The minimum absolute atomic E-state index is 0.177. The molecule has 0 spiro atoms. The first kappa shape index (κ1) is 16.4. The van der Waals surface area contributed by atoms with Gasteiger partial charge in [0.2, 0.25) is 0 Å². The van der Waals surface area contributed by atoms with Crippen molar-refractivity contribution < 1.29 is 9.21 Å². The zero-order valence-electron chi connectivity index (χ0n) is 12.8. The van der Waals surface area contributed by atoms with E-state index in [1.54, 1.807) is 36.4 Å². The average Bonchev–Trinajstić information content (AvgIpc) is 3.03. The molecule has 24 heavy (non-hydrogen) atoms. The second kappa shape index (κ2) is 6.59. The molecule has 3 rings (SSSR count). The minimum atomic E-state index is -0.401. The molecule has 6 heteroatoms. The van der Waals surface area contributed by atoms with Gasteiger partial charge in [-0.2, -0.15) is 0 Å². The van der Waals surface area contributed by atoms with Crippen LogP contribution < -0.4 is 11.1 Å². The molecule has 0 bridgehead atoms. The van der Waals surface area contributed by atoms with Gasteiger partial charge < -0.3 is 15.5 Å². The van der Waals surface area contributed by atoms with Gasteiger partial charge in [0.15, 0.2) is 5.76 Å². The third-order valence-electron chi connectivity index (χ3n) is 3.54. The predicted molar refractivity (Wildman–Crippen MR) is 97.7 cm³/mol. The van der Waals surface area contributed by atoms with Crippen LogP contribution in [0, 0.1) is 6.92 Å². The van der Waals surface area contributed by atoms with Crippen molar-refractivity contribution in [2.75, 3.05) is 11.1 Å². The molecule has 0 saturated heterocycles. The molecule has 0 fully saturated rings. The Balaban J connectivity index is 1.81. The summed E-state index contributed by atoms with van der Waals surface area (Å²) in [6.45, 7) is 1.84. The smallest absolute Gasteiger partial charge is 0.291 e. The third-order valence-corrected chi connectivity index (χ3v) is 4.20. The molecule has 3 aromatic rings. The fourth-order valence-corrected chi connectivity index (χ4v) is 2.51. The van der Waals surface area contributed by atoms with Gasteiger partial charge in [0.05, 0.1) is 11.4 Å². The molecule has 0 saturated carbocycles. The standard InChI is InChI=1S/C18H14Cl2N2O2/c1-10-8-14(21)15(9-13(10)20)22-18(23)17-7-6-16(24-17)11-2-4-12(19)5-3-11/h2-9H,21H2,1H3,(H,22,23). The molecular weight excluding hydrogens is 347 g/mol. The van der Waals surface area contributed by atoms with E-state index in [2.05, 4.69) is 5.32 Å². The topological polar surface area (TPSA) is 68.3 Å². The monoisotopic (exact) mass is 360 g/mol. The number of hydrogen-bond acceptors (Lipinski definition) is 3. The molecule has 2 aromatic carbocycles. The zero-order valence-corrected chi connectivity index (χ0v) is 14.3. The van der Waals surface area contributed by atoms with Crippen LogP contribution in [0.4, 0.5) is 11.4 Å². The fourth-order valence-electron chi connectivity index (χ4n) is 2.23. The number of nitrogens with two attached hydrogens (primary N) is 1. The minimum Gasteiger partial charge on any atom is -0.451 e. The van der Waals surface area contributed by atoms with Crippen LogP contribution in [0.1, 0.15) is 16.1 Å². The summed E-state index contributed by atoms with van der Waals surface area (Å²) in [4.78, 5) is 12.3. The molecule has 1 aromatic heterocycles. The lowest BCUT2D eigenvalue weighted by Crippen LogP contribution is -2.12. The predicted octanol–water partition coefficient (Wildman–Crippen LogP) is 5.40. The first-order chi connectivity index (χ1) is 11.4. The van der Waals surface area contributed by atoms with Gasteiger partial charge in [-0.05, 0) is 61.0 Å². The number of hydrogen-bond donors (Lipinski definition) is 2. The summed E-state index contributed by atoms with van der Waals surface area (Å²) < 4.78 is 5.61. The average molecular weight is 361 g/mol. The van der Waals surface area contributed by atoms with E-state index in [-0.39, 0.29) is 5.76 Å². The lowest BCUT2D eigenvalue weighted by Gasteiger charge is -2.09. The molecular formula is C18H14Cl2N2O2. The zero-order chi connectivity index (χ0) is 17.3. The number of rotatable bonds is 3. The number of benzene rings is 2. The lowest BCUT2D eigenvalue weighted by atomic mass is 10.2. The number of nitrogens with one attached hydrogen (secondary N) is 1. The Labute approximate surface area is 149 Å². The van der Waals surface area contributed by atoms with E-state index in [9.17, 15) is 4.79 Å². The highest BCUT2D eigenvalue weighted by Crippen LogP contribution is 2.28. The molecule has 4 nitrogen and oxygen atoms in total. The molecule has 0 atom stereocenters. The summed E-state index contributed by atoms with van der Waals surface area (Å²) in [5.74, 6) is 0.351. The first-order valence-corrected chi connectivity index (χ1v) is 7.92. The second-order valence-electron chi connectivity index (χ2n) is 5.31. The Morgan fingerprint density at radius 3 is 2.50 bits per heavy atom. The van der Waals surface area contributed by atoms with Gasteiger partial charge in [-0.25, -0.2) is 0 Å². The number of amides is 1. The molecule has 0 aliphatic rings. The van der Waals surface area contributed by atoms with Gasteiger partial charge in [-0.15, -0.1) is 0 Å². The van der Waals surface area contributed by atoms with Crippen molar-refractivity contribution in [3.8, 4) is 11.3 Å². The highest BCUT2D eigenvalue weighted by molar-refractivity contribution is 6.32. The Hall–Kier alpha value is -2.43. The molecule has 1 heterocycles. The largest absolute Gasteiger partial charge is 0.451 e. The maximum Gasteiger partial charge on any atom is 0.291 e. The van der Waals surface area contributed by atoms with Crippen molar-refractivity contribution in [2.45, 2.75) is 6.92 Å². The highest BCUT2D eigenvalue weighted by Gasteiger charge is 2.14. The van der Waals surface area contributed by atoms with Gasteiger partial charge in [-0.1, -0.05) is 23.2 Å². The maximum absolute atomic E-state index is 12.3. The van der Waals surface area contributed by atoms with E-state index in [0.717, 1.165) is 11.1 Å². The SMILES string of the molecule is Cc1cc(N)c(NC(=O)c2ccc(-c3ccc(Cl)cc3)o2)cc1Cl. The number of halogens is 2. The first-order valence-electron chi connectivity index (χ1n) is 7.17. The van der Waals surface area contributed by atoms with E-state index in [0.29, 0.717) is 27.2 Å². The van der Waals surface area contributed by atoms with E-state index < -0.39 is 5.91 Å². The molecule has 1 amide bonds. The van der Waals surface area contributed by atoms with Crippen molar-refractivity contribution >= 4 is 40.5 Å². The van der Waals surface area contributed by atoms with Crippen LogP contribution in [0.5, 0.6) is 0 Å². The van der Waals surface area contributed by atoms with Crippen LogP contribution in [0.25, 0.3) is 11.3 Å². The summed E-state index contributed by atoms with van der Waals surface area (Å²) in [6, 6.07) is 13.8. The quantitative estimate of drug-likeness (QED) is 0.614. The van der Waals surface area contributed by atoms with Gasteiger partial charge >= 0.3 is 0 Å². The van der Waals surface area contributed by atoms with E-state index in [4.69, 9.17) is 33.4 Å². The van der Waals surface area contributed by atoms with Gasteiger partial charge in [0, 0.05) is 15.6 Å². The number of furan rings is 1. The number of aryl methyl sites for hydroxylation is 1. The summed E-state index contributed by atoms with van der Waals surface area (Å²) in [5, 5.41) is 3.87. The number of nitrogen functional groups attached to an aromatic ring is 1. The van der Waals surface area contributed by atoms with E-state index in [1.807, 2.05) is 19.1 Å². The van der Waals surface area contributed by atoms with Crippen molar-refractivity contribution in [3.05, 3.63) is 69.9 Å². The molecule has 3 N–H and O–H groups in total. The Kier molecular flexibility index (Phi) is 4.51. The summed E-state index contributed by atoms with van der Waals surface area (Å²) in [7, 11) is 0. The van der Waals surface area contributed by atoms with Crippen molar-refractivity contribution in [3.63, 3.8) is 0 Å². The van der Waals surface area contributed by atoms with Crippen molar-refractivity contribution in [2.24, 2.45) is 0 Å². The number of anilines is 2. The van der Waals surface area contributed by atoms with Crippen LogP contribution in [0.3, 0.4) is 0 Å². The van der Waals surface area contributed by atoms with Crippen LogP contribution in [0.15, 0.2) is 52.9 Å². The van der Waals surface area contributed by atoms with Crippen LogP contribution in [-0.4, -0.2) is 5.91 Å². The number of carbonyl (C=O) groups is 1. The maximum atomic E-state index is 12.3. The van der Waals surface area contributed by atoms with E-state index >= 15 is 0 Å². The van der Waals surface area contributed by atoms with Gasteiger partial charge in [0.25, 0.3) is 5.91 Å². The fraction of sp³-hybridized carbons (Fsp3) is 0.0556. The molecule has 0 radical (unpaired) electrons. The summed E-state index contributed by atoms with van der Waals surface area (Å²) in [6.07, 6.45) is 0. The van der Waals surface area contributed by atoms with Crippen LogP contribution in [-0.2, 0) is 0 Å². The number of carbonyl (C=O) groups excluding carboxylic acids is 1. The van der Waals surface area contributed by atoms with Crippen molar-refractivity contribution in [1.82, 2.24) is 0 Å². The summed E-state index contributed by atoms with van der Waals surface area (Å²) >= 11 is 11.9. The summed E-state index contributed by atoms with van der Waals surface area (Å²) in [5.41, 5.74) is 8.47. The normalized spacial score (nSPS) is 10.6. The van der Waals surface area contributed by atoms with E-state index in [1.165, 1.54) is 0 Å². The Morgan fingerprint density at radius 1 is 1.08 bits per heavy atom. The van der Waals surface area contributed by atoms with Gasteiger partial charge in [0.1, 0.15) is 5.76 Å². The molecule has 0 aliphatic carbocycles. The highest BCUT2D eigenvalue weighted by atomic mass is 35.5.